The van der Waals surface area contributed by atoms with Crippen molar-refractivity contribution in [3.63, 3.8) is 0 Å². The summed E-state index contributed by atoms with van der Waals surface area (Å²) in [5.74, 6) is -1.27. The van der Waals surface area contributed by atoms with Gasteiger partial charge in [0, 0.05) is 32.9 Å². The second-order valence-electron chi connectivity index (χ2n) is 6.10. The van der Waals surface area contributed by atoms with E-state index in [1.54, 1.807) is 30.3 Å². The summed E-state index contributed by atoms with van der Waals surface area (Å²) in [7, 11) is 3.01. The quantitative estimate of drug-likeness (QED) is 0.672. The van der Waals surface area contributed by atoms with Crippen LogP contribution in [0, 0.1) is 5.92 Å². The molecule has 148 valence electrons. The predicted molar refractivity (Wildman–Crippen MR) is 103 cm³/mol. The fourth-order valence-electron chi connectivity index (χ4n) is 2.30. The molecule has 1 unspecified atom stereocenters. The van der Waals surface area contributed by atoms with E-state index >= 15 is 0 Å². The van der Waals surface area contributed by atoms with Gasteiger partial charge in [0.15, 0.2) is 5.75 Å². The molecule has 3 N–H and O–H groups in total. The number of carbonyl (C=O) groups excluding carboxylic acids is 2. The Hall–Kier alpha value is -3.62. The maximum atomic E-state index is 12.4. The summed E-state index contributed by atoms with van der Waals surface area (Å²) >= 11 is 0. The molecule has 0 fully saturated rings. The van der Waals surface area contributed by atoms with E-state index in [2.05, 4.69) is 15.6 Å². The summed E-state index contributed by atoms with van der Waals surface area (Å²) in [6.45, 7) is 1.58. The van der Waals surface area contributed by atoms with Gasteiger partial charge in [-0.15, -0.1) is 0 Å². The highest BCUT2D eigenvalue weighted by Crippen LogP contribution is 2.29. The Labute approximate surface area is 162 Å². The zero-order valence-electron chi connectivity index (χ0n) is 15.8. The van der Waals surface area contributed by atoms with Crippen molar-refractivity contribution in [3.8, 4) is 11.5 Å². The molecule has 0 saturated heterocycles. The Balaban J connectivity index is 2.14. The van der Waals surface area contributed by atoms with E-state index < -0.39 is 17.9 Å². The number of ether oxygens (including phenoxy) is 1. The van der Waals surface area contributed by atoms with Crippen molar-refractivity contribution in [2.24, 2.45) is 5.92 Å². The van der Waals surface area contributed by atoms with Gasteiger partial charge in [0.05, 0.1) is 11.6 Å². The Morgan fingerprint density at radius 1 is 1.25 bits per heavy atom. The molecule has 0 aliphatic rings. The highest BCUT2D eigenvalue weighted by atomic mass is 16.5. The standard InChI is InChI=1S/C19H22N4O5/c1-12(18(25)26)11-23(3)19(27)22-14-6-4-5-7-16(14)28-13-8-9-21-15(10-13)17(24)20-2/h4-10,12H,11H2,1-3H3,(H,20,24)(H,22,27)(H,25,26). The van der Waals surface area contributed by atoms with Gasteiger partial charge in [0.1, 0.15) is 11.4 Å². The first-order valence-corrected chi connectivity index (χ1v) is 8.51. The van der Waals surface area contributed by atoms with Gasteiger partial charge in [0.25, 0.3) is 5.91 Å². The number of hydrogen-bond donors (Lipinski definition) is 3. The fourth-order valence-corrected chi connectivity index (χ4v) is 2.30. The summed E-state index contributed by atoms with van der Waals surface area (Å²) in [6.07, 6.45) is 1.45. The highest BCUT2D eigenvalue weighted by molar-refractivity contribution is 5.92. The molecule has 1 atom stereocenters. The number of nitrogens with one attached hydrogen (secondary N) is 2. The summed E-state index contributed by atoms with van der Waals surface area (Å²) in [5.41, 5.74) is 0.601. The third-order valence-corrected chi connectivity index (χ3v) is 3.86. The van der Waals surface area contributed by atoms with Crippen LogP contribution >= 0.6 is 0 Å². The van der Waals surface area contributed by atoms with Crippen molar-refractivity contribution < 1.29 is 24.2 Å². The first-order chi connectivity index (χ1) is 13.3. The van der Waals surface area contributed by atoms with Gasteiger partial charge in [-0.1, -0.05) is 19.1 Å². The first-order valence-electron chi connectivity index (χ1n) is 8.51. The van der Waals surface area contributed by atoms with Crippen molar-refractivity contribution in [1.29, 1.82) is 0 Å². The monoisotopic (exact) mass is 386 g/mol. The predicted octanol–water partition coefficient (Wildman–Crippen LogP) is 2.42. The number of hydrogen-bond acceptors (Lipinski definition) is 5. The van der Waals surface area contributed by atoms with Crippen LogP contribution in [0.15, 0.2) is 42.6 Å². The molecule has 0 aliphatic carbocycles. The van der Waals surface area contributed by atoms with Gasteiger partial charge >= 0.3 is 12.0 Å². The number of carbonyl (C=O) groups is 3. The number of para-hydroxylation sites is 2. The summed E-state index contributed by atoms with van der Waals surface area (Å²) in [4.78, 5) is 40.3. The molecule has 9 heteroatoms. The number of nitrogens with zero attached hydrogens (tertiary/aromatic N) is 2. The molecule has 1 aromatic carbocycles. The maximum Gasteiger partial charge on any atom is 0.321 e. The lowest BCUT2D eigenvalue weighted by atomic mass is 10.2. The van der Waals surface area contributed by atoms with Crippen molar-refractivity contribution >= 4 is 23.6 Å². The Morgan fingerprint density at radius 2 is 1.96 bits per heavy atom. The first kappa shape index (κ1) is 20.7. The van der Waals surface area contributed by atoms with Crippen molar-refractivity contribution in [2.45, 2.75) is 6.92 Å². The van der Waals surface area contributed by atoms with E-state index in [4.69, 9.17) is 9.84 Å². The zero-order chi connectivity index (χ0) is 20.7. The molecule has 9 nitrogen and oxygen atoms in total. The topological polar surface area (TPSA) is 121 Å². The van der Waals surface area contributed by atoms with E-state index in [1.807, 2.05) is 0 Å². The van der Waals surface area contributed by atoms with Gasteiger partial charge in [-0.3, -0.25) is 14.6 Å². The zero-order valence-corrected chi connectivity index (χ0v) is 15.8. The molecule has 0 bridgehead atoms. The minimum Gasteiger partial charge on any atom is -0.481 e. The van der Waals surface area contributed by atoms with Crippen LogP contribution in [0.4, 0.5) is 10.5 Å². The van der Waals surface area contributed by atoms with Crippen LogP contribution in [-0.2, 0) is 4.79 Å². The molecular formula is C19H22N4O5. The number of aliphatic carboxylic acids is 1. The van der Waals surface area contributed by atoms with Crippen LogP contribution in [0.25, 0.3) is 0 Å². The molecule has 3 amide bonds. The lowest BCUT2D eigenvalue weighted by Crippen LogP contribution is -2.36. The van der Waals surface area contributed by atoms with Crippen molar-refractivity contribution in [1.82, 2.24) is 15.2 Å². The third-order valence-electron chi connectivity index (χ3n) is 3.86. The molecule has 0 spiro atoms. The van der Waals surface area contributed by atoms with Crippen LogP contribution in [0.3, 0.4) is 0 Å². The Kier molecular flexibility index (Phi) is 6.91. The molecule has 28 heavy (non-hydrogen) atoms. The second-order valence-corrected chi connectivity index (χ2v) is 6.10. The molecule has 2 aromatic rings. The van der Waals surface area contributed by atoms with E-state index in [0.717, 1.165) is 0 Å². The number of pyridine rings is 1. The largest absolute Gasteiger partial charge is 0.481 e. The van der Waals surface area contributed by atoms with Gasteiger partial charge in [-0.2, -0.15) is 0 Å². The molecule has 0 radical (unpaired) electrons. The van der Waals surface area contributed by atoms with Crippen LogP contribution < -0.4 is 15.4 Å². The van der Waals surface area contributed by atoms with Crippen LogP contribution in [0.1, 0.15) is 17.4 Å². The molecular weight excluding hydrogens is 364 g/mol. The van der Waals surface area contributed by atoms with Crippen LogP contribution in [0.5, 0.6) is 11.5 Å². The van der Waals surface area contributed by atoms with Crippen LogP contribution in [-0.4, -0.2) is 53.5 Å². The summed E-state index contributed by atoms with van der Waals surface area (Å²) < 4.78 is 5.80. The molecule has 0 saturated carbocycles. The van der Waals surface area contributed by atoms with E-state index in [-0.39, 0.29) is 18.1 Å². The number of amides is 3. The minimum absolute atomic E-state index is 0.0596. The SMILES string of the molecule is CNC(=O)c1cc(Oc2ccccc2NC(=O)N(C)CC(C)C(=O)O)ccn1. The number of rotatable bonds is 7. The Bertz CT molecular complexity index is 871. The number of carboxylic acid groups (broad SMARTS) is 1. The third kappa shape index (κ3) is 5.44. The minimum atomic E-state index is -0.979. The molecule has 2 rings (SSSR count). The highest BCUT2D eigenvalue weighted by Gasteiger charge is 2.18. The summed E-state index contributed by atoms with van der Waals surface area (Å²) in [6, 6.07) is 9.39. The number of carboxylic acids is 1. The number of benzene rings is 1. The smallest absolute Gasteiger partial charge is 0.321 e. The van der Waals surface area contributed by atoms with Crippen molar-refractivity contribution in [3.05, 3.63) is 48.3 Å². The van der Waals surface area contributed by atoms with E-state index in [0.29, 0.717) is 17.2 Å². The van der Waals surface area contributed by atoms with Gasteiger partial charge in [0.2, 0.25) is 0 Å². The number of anilines is 1. The van der Waals surface area contributed by atoms with Crippen LogP contribution in [0.2, 0.25) is 0 Å². The number of aromatic nitrogens is 1. The fraction of sp³-hybridized carbons (Fsp3) is 0.263. The lowest BCUT2D eigenvalue weighted by Gasteiger charge is -2.21. The normalized spacial score (nSPS) is 11.2. The molecule has 0 aliphatic heterocycles. The average molecular weight is 386 g/mol. The van der Waals surface area contributed by atoms with Gasteiger partial charge in [-0.25, -0.2) is 4.79 Å². The van der Waals surface area contributed by atoms with E-state index in [9.17, 15) is 14.4 Å². The molecule has 1 heterocycles. The Morgan fingerprint density at radius 3 is 2.64 bits per heavy atom. The van der Waals surface area contributed by atoms with Crippen molar-refractivity contribution in [2.75, 3.05) is 26.0 Å². The van der Waals surface area contributed by atoms with E-state index in [1.165, 1.54) is 38.2 Å². The number of urea groups is 1. The van der Waals surface area contributed by atoms with Gasteiger partial charge in [-0.05, 0) is 18.2 Å². The maximum absolute atomic E-state index is 12.4. The van der Waals surface area contributed by atoms with Gasteiger partial charge < -0.3 is 25.4 Å². The average Bonchev–Trinajstić information content (AvgIpc) is 2.68. The summed E-state index contributed by atoms with van der Waals surface area (Å²) in [5, 5.41) is 14.2. The lowest BCUT2D eigenvalue weighted by molar-refractivity contribution is -0.141. The second kappa shape index (κ2) is 9.36. The molecule has 1 aromatic heterocycles.